The Hall–Kier alpha value is -3.78. The normalized spacial score (nSPS) is 17.7. The molecule has 184 valence electrons. The molecule has 5 rings (SSSR count). The topological polar surface area (TPSA) is 79.0 Å². The summed E-state index contributed by atoms with van der Waals surface area (Å²) >= 11 is 0.721. The summed E-state index contributed by atoms with van der Waals surface area (Å²) in [5, 5.41) is 2.22. The van der Waals surface area contributed by atoms with Crippen LogP contribution < -0.4 is 15.0 Å². The number of anilines is 2. The van der Waals surface area contributed by atoms with Gasteiger partial charge < -0.3 is 19.9 Å². The van der Waals surface area contributed by atoms with Crippen molar-refractivity contribution < 1.29 is 19.1 Å². The van der Waals surface area contributed by atoms with Gasteiger partial charge in [0.15, 0.2) is 0 Å². The van der Waals surface area contributed by atoms with E-state index in [4.69, 9.17) is 4.74 Å². The van der Waals surface area contributed by atoms with Gasteiger partial charge in [-0.2, -0.15) is 0 Å². The van der Waals surface area contributed by atoms with Crippen molar-refractivity contribution in [2.24, 2.45) is 0 Å². The Balaban J connectivity index is 1.29. The fourth-order valence-electron chi connectivity index (χ4n) is 4.43. The Bertz CT molecular complexity index is 1290. The fraction of sp³-hybridized carbons (Fsp3) is 0.250. The number of nitrogens with one attached hydrogen (secondary N) is 1. The Morgan fingerprint density at radius 3 is 2.33 bits per heavy atom. The molecule has 2 aliphatic rings. The van der Waals surface area contributed by atoms with Crippen LogP contribution in [0.1, 0.15) is 29.8 Å². The predicted molar refractivity (Wildman–Crippen MR) is 141 cm³/mol. The van der Waals surface area contributed by atoms with Gasteiger partial charge in [-0.25, -0.2) is 0 Å². The van der Waals surface area contributed by atoms with E-state index in [0.29, 0.717) is 31.0 Å². The Labute approximate surface area is 214 Å². The summed E-state index contributed by atoms with van der Waals surface area (Å²) in [6.07, 6.45) is 0.445. The quantitative estimate of drug-likeness (QED) is 0.492. The monoisotopic (exact) mass is 501 g/mol. The van der Waals surface area contributed by atoms with Crippen molar-refractivity contribution in [2.45, 2.75) is 31.8 Å². The molecular weight excluding hydrogens is 474 g/mol. The molecule has 3 aromatic carbocycles. The molecule has 36 heavy (non-hydrogen) atoms. The lowest BCUT2D eigenvalue weighted by Gasteiger charge is -2.45. The van der Waals surface area contributed by atoms with Gasteiger partial charge in [-0.3, -0.25) is 14.4 Å². The maximum Gasteiger partial charge on any atom is 0.287 e. The van der Waals surface area contributed by atoms with E-state index in [1.165, 1.54) is 0 Å². The van der Waals surface area contributed by atoms with Crippen molar-refractivity contribution in [1.82, 2.24) is 10.2 Å². The lowest BCUT2D eigenvalue weighted by Crippen LogP contribution is -2.57. The Kier molecular flexibility index (Phi) is 6.45. The molecule has 2 amide bonds. The summed E-state index contributed by atoms with van der Waals surface area (Å²) in [4.78, 5) is 40.7. The summed E-state index contributed by atoms with van der Waals surface area (Å²) < 4.78 is 6.11. The number of carbonyl (C=O) groups excluding carboxylic acids is 3. The highest BCUT2D eigenvalue weighted by Gasteiger charge is 2.39. The standard InChI is InChI=1S/C28H27N3O4S/c1-28(2,17-35-21-14-12-19(13-15-21)16-23-26(33)36-27(34)29-23)31-18-30(20-8-4-3-5-9-20)24-11-7-6-10-22(24)25(31)32/h3-15,23H,16-18H2,1-2H3,(H,29,34). The third-order valence-electron chi connectivity index (χ3n) is 6.48. The van der Waals surface area contributed by atoms with E-state index in [0.717, 1.165) is 28.7 Å². The predicted octanol–water partition coefficient (Wildman–Crippen LogP) is 4.99. The second-order valence-corrected chi connectivity index (χ2v) is 10.5. The highest BCUT2D eigenvalue weighted by atomic mass is 32.2. The van der Waals surface area contributed by atoms with Crippen LogP contribution in [-0.4, -0.2) is 46.0 Å². The van der Waals surface area contributed by atoms with Gasteiger partial charge in [0.1, 0.15) is 18.4 Å². The molecule has 7 nitrogen and oxygen atoms in total. The van der Waals surface area contributed by atoms with E-state index in [2.05, 4.69) is 10.2 Å². The van der Waals surface area contributed by atoms with Gasteiger partial charge >= 0.3 is 0 Å². The molecule has 8 heteroatoms. The summed E-state index contributed by atoms with van der Waals surface area (Å²) in [5.41, 5.74) is 2.92. The highest BCUT2D eigenvalue weighted by Crippen LogP contribution is 2.36. The second-order valence-electron chi connectivity index (χ2n) is 9.51. The van der Waals surface area contributed by atoms with E-state index in [-0.39, 0.29) is 16.3 Å². The fourth-order valence-corrected chi connectivity index (χ4v) is 5.10. The number of fused-ring (bicyclic) bond motifs is 1. The van der Waals surface area contributed by atoms with Crippen LogP contribution in [-0.2, 0) is 11.2 Å². The van der Waals surface area contributed by atoms with Crippen molar-refractivity contribution >= 4 is 39.4 Å². The third kappa shape index (κ3) is 4.81. The average molecular weight is 502 g/mol. The molecule has 1 atom stereocenters. The zero-order chi connectivity index (χ0) is 25.3. The SMILES string of the molecule is CC(C)(COc1ccc(CC2NC(=O)SC2=O)cc1)N1CN(c2ccccc2)c2ccccc2C1=O. The van der Waals surface area contributed by atoms with Crippen LogP contribution in [0.25, 0.3) is 0 Å². The molecule has 1 unspecified atom stereocenters. The first kappa shape index (κ1) is 23.9. The number of benzene rings is 3. The highest BCUT2D eigenvalue weighted by molar-refractivity contribution is 8.26. The minimum Gasteiger partial charge on any atom is -0.491 e. The van der Waals surface area contributed by atoms with E-state index < -0.39 is 11.6 Å². The summed E-state index contributed by atoms with van der Waals surface area (Å²) in [6, 6.07) is 24.7. The first-order chi connectivity index (χ1) is 17.3. The van der Waals surface area contributed by atoms with Gasteiger partial charge in [-0.15, -0.1) is 0 Å². The Morgan fingerprint density at radius 2 is 1.64 bits per heavy atom. The van der Waals surface area contributed by atoms with Crippen LogP contribution in [0.2, 0.25) is 0 Å². The molecule has 2 heterocycles. The molecule has 0 aliphatic carbocycles. The molecule has 3 aromatic rings. The number of rotatable bonds is 7. The first-order valence-corrected chi connectivity index (χ1v) is 12.6. The van der Waals surface area contributed by atoms with Crippen molar-refractivity contribution in [3.8, 4) is 5.75 Å². The molecule has 0 bridgehead atoms. The summed E-state index contributed by atoms with van der Waals surface area (Å²) in [7, 11) is 0. The van der Waals surface area contributed by atoms with Crippen LogP contribution in [0.15, 0.2) is 78.9 Å². The molecule has 2 aliphatic heterocycles. The van der Waals surface area contributed by atoms with Crippen molar-refractivity contribution in [3.63, 3.8) is 0 Å². The van der Waals surface area contributed by atoms with E-state index >= 15 is 0 Å². The maximum absolute atomic E-state index is 13.5. The van der Waals surface area contributed by atoms with Gasteiger partial charge in [-0.1, -0.05) is 42.5 Å². The number of hydrogen-bond acceptors (Lipinski definition) is 6. The molecule has 0 saturated carbocycles. The smallest absolute Gasteiger partial charge is 0.287 e. The largest absolute Gasteiger partial charge is 0.491 e. The van der Waals surface area contributed by atoms with E-state index in [9.17, 15) is 14.4 Å². The third-order valence-corrected chi connectivity index (χ3v) is 7.27. The number of carbonyl (C=O) groups is 3. The van der Waals surface area contributed by atoms with E-state index in [1.807, 2.05) is 97.6 Å². The van der Waals surface area contributed by atoms with Crippen LogP contribution in [0.4, 0.5) is 16.2 Å². The minimum atomic E-state index is -0.589. The van der Waals surface area contributed by atoms with Crippen LogP contribution in [0.3, 0.4) is 0 Å². The minimum absolute atomic E-state index is 0.0251. The van der Waals surface area contributed by atoms with Crippen molar-refractivity contribution in [2.75, 3.05) is 18.2 Å². The number of ether oxygens (including phenoxy) is 1. The van der Waals surface area contributed by atoms with Crippen LogP contribution in [0, 0.1) is 0 Å². The second kappa shape index (κ2) is 9.70. The lowest BCUT2D eigenvalue weighted by atomic mass is 9.99. The number of para-hydroxylation sites is 2. The number of nitrogens with zero attached hydrogens (tertiary/aromatic N) is 2. The van der Waals surface area contributed by atoms with Gasteiger partial charge in [0.2, 0.25) is 5.12 Å². The van der Waals surface area contributed by atoms with Crippen LogP contribution in [0.5, 0.6) is 5.75 Å². The molecule has 0 spiro atoms. The van der Waals surface area contributed by atoms with Crippen molar-refractivity contribution in [1.29, 1.82) is 0 Å². The lowest BCUT2D eigenvalue weighted by molar-refractivity contribution is -0.112. The molecule has 0 radical (unpaired) electrons. The van der Waals surface area contributed by atoms with Gasteiger partial charge in [0.05, 0.1) is 23.5 Å². The Morgan fingerprint density at radius 1 is 0.944 bits per heavy atom. The average Bonchev–Trinajstić information content (AvgIpc) is 3.20. The zero-order valence-electron chi connectivity index (χ0n) is 20.1. The molecule has 1 N–H and O–H groups in total. The van der Waals surface area contributed by atoms with Gasteiger partial charge in [0.25, 0.3) is 11.1 Å². The summed E-state index contributed by atoms with van der Waals surface area (Å²) in [5.74, 6) is 0.649. The van der Waals surface area contributed by atoms with E-state index in [1.54, 1.807) is 0 Å². The first-order valence-electron chi connectivity index (χ1n) is 11.8. The number of hydrogen-bond donors (Lipinski definition) is 1. The summed E-state index contributed by atoms with van der Waals surface area (Å²) in [6.45, 7) is 4.72. The molecular formula is C28H27N3O4S. The molecule has 0 aromatic heterocycles. The number of amides is 2. The zero-order valence-corrected chi connectivity index (χ0v) is 21.0. The molecule has 1 fully saturated rings. The van der Waals surface area contributed by atoms with Gasteiger partial charge in [0, 0.05) is 23.9 Å². The van der Waals surface area contributed by atoms with Crippen molar-refractivity contribution in [3.05, 3.63) is 90.0 Å². The van der Waals surface area contributed by atoms with Gasteiger partial charge in [-0.05, 0) is 55.8 Å². The van der Waals surface area contributed by atoms with Crippen LogP contribution >= 0.6 is 11.8 Å². The maximum atomic E-state index is 13.5. The number of thioether (sulfide) groups is 1. The molecule has 1 saturated heterocycles.